The number of nitrogens with one attached hydrogen (secondary N) is 1. The number of hydrogen-bond donors (Lipinski definition) is 1. The van der Waals surface area contributed by atoms with Crippen molar-refractivity contribution in [3.8, 4) is 5.75 Å². The lowest BCUT2D eigenvalue weighted by Gasteiger charge is -2.09. The van der Waals surface area contributed by atoms with Crippen molar-refractivity contribution in [2.45, 2.75) is 12.8 Å². The molecule has 1 aliphatic heterocycles. The molecule has 1 aliphatic rings. The van der Waals surface area contributed by atoms with Gasteiger partial charge in [0, 0.05) is 11.3 Å². The minimum atomic E-state index is -0.768. The first-order valence-electron chi connectivity index (χ1n) is 8.06. The van der Waals surface area contributed by atoms with E-state index >= 15 is 0 Å². The quantitative estimate of drug-likeness (QED) is 0.603. The summed E-state index contributed by atoms with van der Waals surface area (Å²) in [5.74, 6) is -2.04. The van der Waals surface area contributed by atoms with E-state index < -0.39 is 30.8 Å². The fourth-order valence-corrected chi connectivity index (χ4v) is 2.81. The summed E-state index contributed by atoms with van der Waals surface area (Å²) < 4.78 is 23.0. The molecule has 0 aromatic heterocycles. The van der Waals surface area contributed by atoms with Crippen molar-refractivity contribution in [2.75, 3.05) is 18.5 Å². The van der Waals surface area contributed by atoms with E-state index in [0.717, 1.165) is 17.7 Å². The highest BCUT2D eigenvalue weighted by Crippen LogP contribution is 2.32. The average molecular weight is 392 g/mol. The molecule has 1 amide bonds. The van der Waals surface area contributed by atoms with Crippen LogP contribution in [-0.2, 0) is 14.3 Å². The molecular weight excluding hydrogens is 377 g/mol. The number of ketones is 1. The molecule has 0 saturated heterocycles. The number of halogens is 2. The number of esters is 1. The Morgan fingerprint density at radius 3 is 2.70 bits per heavy atom. The summed E-state index contributed by atoms with van der Waals surface area (Å²) in [4.78, 5) is 35.6. The Morgan fingerprint density at radius 2 is 1.96 bits per heavy atom. The zero-order chi connectivity index (χ0) is 19.6. The number of carbonyl (C=O) groups is 3. The second kappa shape index (κ2) is 7.75. The lowest BCUT2D eigenvalue weighted by atomic mass is 9.99. The van der Waals surface area contributed by atoms with Crippen molar-refractivity contribution in [3.63, 3.8) is 0 Å². The second-order valence-corrected chi connectivity index (χ2v) is 6.37. The molecule has 8 heteroatoms. The van der Waals surface area contributed by atoms with Crippen molar-refractivity contribution in [1.29, 1.82) is 0 Å². The van der Waals surface area contributed by atoms with Crippen LogP contribution in [0.3, 0.4) is 0 Å². The Labute approximate surface area is 159 Å². The third kappa shape index (κ3) is 4.25. The molecule has 1 N–H and O–H groups in total. The molecule has 0 aliphatic carbocycles. The Hall–Kier alpha value is -2.93. The number of carbonyl (C=O) groups excluding carboxylic acids is 3. The Kier molecular flexibility index (Phi) is 5.41. The molecule has 1 atom stereocenters. The summed E-state index contributed by atoms with van der Waals surface area (Å²) in [5, 5.41) is 2.74. The zero-order valence-electron chi connectivity index (χ0n) is 14.3. The minimum absolute atomic E-state index is 0.0225. The lowest BCUT2D eigenvalue weighted by Crippen LogP contribution is -2.19. The first kappa shape index (κ1) is 18.8. The van der Waals surface area contributed by atoms with Crippen LogP contribution in [0.25, 0.3) is 0 Å². The van der Waals surface area contributed by atoms with Gasteiger partial charge in [0.25, 0.3) is 0 Å². The van der Waals surface area contributed by atoms with Gasteiger partial charge < -0.3 is 14.8 Å². The lowest BCUT2D eigenvalue weighted by molar-refractivity contribution is -0.144. The van der Waals surface area contributed by atoms with Gasteiger partial charge in [-0.25, -0.2) is 9.18 Å². The minimum Gasteiger partial charge on any atom is -0.480 e. The first-order chi connectivity index (χ1) is 12.8. The summed E-state index contributed by atoms with van der Waals surface area (Å²) in [6.45, 7) is 0.805. The number of amides is 1. The number of benzene rings is 2. The van der Waals surface area contributed by atoms with Crippen LogP contribution in [0.1, 0.15) is 28.8 Å². The number of ether oxygens (including phenoxy) is 2. The second-order valence-electron chi connectivity index (χ2n) is 5.96. The number of fused-ring (bicyclic) bond motifs is 1. The van der Waals surface area contributed by atoms with Crippen LogP contribution in [0, 0.1) is 5.82 Å². The van der Waals surface area contributed by atoms with E-state index in [1.807, 2.05) is 0 Å². The molecular formula is C19H15ClFNO5. The highest BCUT2D eigenvalue weighted by Gasteiger charge is 2.27. The fraction of sp³-hybridized carbons (Fsp3) is 0.211. The molecule has 2 aromatic carbocycles. The van der Waals surface area contributed by atoms with E-state index in [2.05, 4.69) is 5.32 Å². The van der Waals surface area contributed by atoms with Gasteiger partial charge in [0.15, 0.2) is 19.0 Å². The molecule has 0 saturated carbocycles. The van der Waals surface area contributed by atoms with E-state index in [1.165, 1.54) is 6.07 Å². The van der Waals surface area contributed by atoms with Gasteiger partial charge in [-0.2, -0.15) is 0 Å². The smallest absolute Gasteiger partial charge is 0.344 e. The van der Waals surface area contributed by atoms with Gasteiger partial charge in [-0.15, -0.1) is 0 Å². The Morgan fingerprint density at radius 1 is 1.19 bits per heavy atom. The Balaban J connectivity index is 1.53. The molecule has 0 bridgehead atoms. The van der Waals surface area contributed by atoms with Crippen LogP contribution in [0.2, 0.25) is 5.02 Å². The molecule has 0 unspecified atom stereocenters. The highest BCUT2D eigenvalue weighted by molar-refractivity contribution is 6.32. The molecule has 0 fully saturated rings. The van der Waals surface area contributed by atoms with Gasteiger partial charge in [-0.05, 0) is 48.9 Å². The Bertz CT molecular complexity index is 930. The molecule has 1 heterocycles. The third-order valence-electron chi connectivity index (χ3n) is 4.09. The number of hydrogen-bond acceptors (Lipinski definition) is 5. The molecule has 27 heavy (non-hydrogen) atoms. The van der Waals surface area contributed by atoms with Gasteiger partial charge >= 0.3 is 5.97 Å². The van der Waals surface area contributed by atoms with Gasteiger partial charge in [-0.3, -0.25) is 9.59 Å². The maximum absolute atomic E-state index is 13.0. The summed E-state index contributed by atoms with van der Waals surface area (Å²) >= 11 is 5.79. The highest BCUT2D eigenvalue weighted by atomic mass is 35.5. The predicted molar refractivity (Wildman–Crippen MR) is 95.7 cm³/mol. The standard InChI is InChI=1S/C19H15ClFNO5/c1-10-13-6-11(2-4-15(13)22-19(10)25)16(23)8-27-18(24)9-26-17-5-3-12(21)7-14(17)20/h2-7,10H,8-9H2,1H3,(H,22,25)/t10-/m0/s1. The average Bonchev–Trinajstić information content (AvgIpc) is 2.92. The normalized spacial score (nSPS) is 15.1. The van der Waals surface area contributed by atoms with Crippen LogP contribution in [-0.4, -0.2) is 30.9 Å². The van der Waals surface area contributed by atoms with Crippen LogP contribution in [0.4, 0.5) is 10.1 Å². The zero-order valence-corrected chi connectivity index (χ0v) is 15.0. The largest absolute Gasteiger partial charge is 0.480 e. The van der Waals surface area contributed by atoms with Crippen LogP contribution in [0.5, 0.6) is 5.75 Å². The summed E-state index contributed by atoms with van der Waals surface area (Å²) in [6, 6.07) is 8.30. The van der Waals surface area contributed by atoms with Gasteiger partial charge in [0.2, 0.25) is 5.91 Å². The summed E-state index contributed by atoms with van der Waals surface area (Å²) in [6.07, 6.45) is 0. The van der Waals surface area contributed by atoms with Crippen molar-refractivity contribution in [1.82, 2.24) is 0 Å². The van der Waals surface area contributed by atoms with Crippen LogP contribution < -0.4 is 10.1 Å². The van der Waals surface area contributed by atoms with E-state index in [4.69, 9.17) is 21.1 Å². The van der Waals surface area contributed by atoms with Crippen LogP contribution >= 0.6 is 11.6 Å². The van der Waals surface area contributed by atoms with Crippen molar-refractivity contribution < 1.29 is 28.2 Å². The first-order valence-corrected chi connectivity index (χ1v) is 8.44. The molecule has 0 radical (unpaired) electrons. The van der Waals surface area contributed by atoms with Crippen molar-refractivity contribution >= 4 is 34.9 Å². The fourth-order valence-electron chi connectivity index (χ4n) is 2.59. The maximum Gasteiger partial charge on any atom is 0.344 e. The number of Topliss-reactive ketones (excluding diaryl/α,β-unsaturated/α-hetero) is 1. The molecule has 3 rings (SSSR count). The molecule has 6 nitrogen and oxygen atoms in total. The van der Waals surface area contributed by atoms with E-state index in [-0.39, 0.29) is 22.6 Å². The van der Waals surface area contributed by atoms with Crippen molar-refractivity contribution in [2.24, 2.45) is 0 Å². The van der Waals surface area contributed by atoms with Gasteiger partial charge in [-0.1, -0.05) is 11.6 Å². The summed E-state index contributed by atoms with van der Waals surface area (Å²) in [7, 11) is 0. The molecule has 140 valence electrons. The molecule has 2 aromatic rings. The maximum atomic E-state index is 13.0. The monoisotopic (exact) mass is 391 g/mol. The van der Waals surface area contributed by atoms with Gasteiger partial charge in [0.1, 0.15) is 11.6 Å². The van der Waals surface area contributed by atoms with Crippen molar-refractivity contribution in [3.05, 3.63) is 58.4 Å². The molecule has 0 spiro atoms. The van der Waals surface area contributed by atoms with E-state index in [9.17, 15) is 18.8 Å². The summed E-state index contributed by atoms with van der Waals surface area (Å²) in [5.41, 5.74) is 1.74. The van der Waals surface area contributed by atoms with Gasteiger partial charge in [0.05, 0.1) is 10.9 Å². The van der Waals surface area contributed by atoms with E-state index in [1.54, 1.807) is 25.1 Å². The third-order valence-corrected chi connectivity index (χ3v) is 4.39. The SMILES string of the molecule is C[C@@H]1C(=O)Nc2ccc(C(=O)COC(=O)COc3ccc(F)cc3Cl)cc21. The van der Waals surface area contributed by atoms with Crippen LogP contribution in [0.15, 0.2) is 36.4 Å². The van der Waals surface area contributed by atoms with E-state index in [0.29, 0.717) is 11.3 Å². The predicted octanol–water partition coefficient (Wildman–Crippen LogP) is 3.34. The number of rotatable bonds is 6. The number of anilines is 1. The topological polar surface area (TPSA) is 81.7 Å².